The number of hydrogen-bond acceptors (Lipinski definition) is 5. The average Bonchev–Trinajstić information content (AvgIpc) is 3.20. The number of hydrogen-bond donors (Lipinski definition) is 0. The van der Waals surface area contributed by atoms with Gasteiger partial charge in [0.2, 0.25) is 11.7 Å². The number of nitrogens with zero attached hydrogens (tertiary/aromatic N) is 3. The van der Waals surface area contributed by atoms with Gasteiger partial charge in [0.05, 0.1) is 6.54 Å². The number of carbonyl (C=O) groups is 1. The summed E-state index contributed by atoms with van der Waals surface area (Å²) in [6, 6.07) is 13.3. The van der Waals surface area contributed by atoms with Crippen molar-refractivity contribution in [2.24, 2.45) is 0 Å². The van der Waals surface area contributed by atoms with Crippen LogP contribution in [0.4, 0.5) is 0 Å². The van der Waals surface area contributed by atoms with E-state index in [1.165, 1.54) is 22.4 Å². The minimum atomic E-state index is -0.152. The van der Waals surface area contributed by atoms with Gasteiger partial charge in [0, 0.05) is 17.6 Å². The molecule has 0 bridgehead atoms. The molecule has 2 aromatic carbocycles. The molecule has 150 valence electrons. The van der Waals surface area contributed by atoms with E-state index in [0.29, 0.717) is 16.7 Å². The maximum absolute atomic E-state index is 12.5. The van der Waals surface area contributed by atoms with Crippen LogP contribution < -0.4 is 4.74 Å². The molecule has 1 heterocycles. The lowest BCUT2D eigenvalue weighted by atomic mass is 9.91. The molecule has 6 nitrogen and oxygen atoms in total. The Hall–Kier alpha value is -2.86. The Morgan fingerprint density at radius 2 is 2.03 bits per heavy atom. The van der Waals surface area contributed by atoms with Crippen molar-refractivity contribution in [1.29, 1.82) is 0 Å². The maximum Gasteiger partial charge on any atom is 0.260 e. The molecule has 0 aliphatic heterocycles. The van der Waals surface area contributed by atoms with E-state index in [2.05, 4.69) is 16.2 Å². The van der Waals surface area contributed by atoms with E-state index in [1.807, 2.05) is 24.3 Å². The summed E-state index contributed by atoms with van der Waals surface area (Å²) in [5.74, 6) is 1.45. The van der Waals surface area contributed by atoms with Gasteiger partial charge in [-0.25, -0.2) is 0 Å². The van der Waals surface area contributed by atoms with Crippen LogP contribution in [0.2, 0.25) is 5.02 Å². The molecule has 1 amide bonds. The highest BCUT2D eigenvalue weighted by molar-refractivity contribution is 6.30. The lowest BCUT2D eigenvalue weighted by Gasteiger charge is -2.20. The first kappa shape index (κ1) is 19.5. The Morgan fingerprint density at radius 1 is 1.21 bits per heavy atom. The molecule has 1 aromatic heterocycles. The van der Waals surface area contributed by atoms with Crippen LogP contribution >= 0.6 is 11.6 Å². The van der Waals surface area contributed by atoms with Gasteiger partial charge in [-0.2, -0.15) is 4.98 Å². The Kier molecular flexibility index (Phi) is 5.81. The zero-order valence-corrected chi connectivity index (χ0v) is 17.0. The fraction of sp³-hybridized carbons (Fsp3) is 0.318. The normalized spacial score (nSPS) is 13.0. The van der Waals surface area contributed by atoms with Crippen molar-refractivity contribution in [3.63, 3.8) is 0 Å². The first-order valence-corrected chi connectivity index (χ1v) is 10.0. The van der Waals surface area contributed by atoms with Crippen molar-refractivity contribution in [2.45, 2.75) is 32.2 Å². The SMILES string of the molecule is CN(Cc1nc(-c2cccc(Cl)c2)no1)C(=O)COc1cccc2c1CCCC2. The molecule has 0 saturated carbocycles. The largest absolute Gasteiger partial charge is 0.483 e. The molecular weight excluding hydrogens is 390 g/mol. The van der Waals surface area contributed by atoms with Crippen molar-refractivity contribution < 1.29 is 14.1 Å². The number of aryl methyl sites for hydroxylation is 1. The predicted molar refractivity (Wildman–Crippen MR) is 110 cm³/mol. The van der Waals surface area contributed by atoms with Crippen molar-refractivity contribution in [2.75, 3.05) is 13.7 Å². The summed E-state index contributed by atoms with van der Waals surface area (Å²) in [6.07, 6.45) is 4.45. The van der Waals surface area contributed by atoms with E-state index in [-0.39, 0.29) is 19.1 Å². The highest BCUT2D eigenvalue weighted by atomic mass is 35.5. The standard InChI is InChI=1S/C22H22ClN3O3/c1-26(13-20-24-22(25-29-20)16-8-4-9-17(23)12-16)21(27)14-28-19-11-5-7-15-6-2-3-10-18(15)19/h4-5,7-9,11-12H,2-3,6,10,13-14H2,1H3. The van der Waals surface area contributed by atoms with Crippen molar-refractivity contribution in [3.8, 4) is 17.1 Å². The summed E-state index contributed by atoms with van der Waals surface area (Å²) in [5, 5.41) is 4.57. The zero-order chi connectivity index (χ0) is 20.2. The first-order valence-electron chi connectivity index (χ1n) is 9.66. The topological polar surface area (TPSA) is 68.5 Å². The number of rotatable bonds is 6. The van der Waals surface area contributed by atoms with Gasteiger partial charge >= 0.3 is 0 Å². The fourth-order valence-electron chi connectivity index (χ4n) is 3.49. The molecule has 0 fully saturated rings. The van der Waals surface area contributed by atoms with Gasteiger partial charge in [-0.1, -0.05) is 41.0 Å². The number of ether oxygens (including phenoxy) is 1. The van der Waals surface area contributed by atoms with Crippen LogP contribution in [0.1, 0.15) is 29.9 Å². The average molecular weight is 412 g/mol. The van der Waals surface area contributed by atoms with Gasteiger partial charge in [0.15, 0.2) is 6.61 Å². The van der Waals surface area contributed by atoms with Crippen LogP contribution in [0.5, 0.6) is 5.75 Å². The maximum atomic E-state index is 12.5. The first-order chi connectivity index (χ1) is 14.1. The van der Waals surface area contributed by atoms with Crippen molar-refractivity contribution in [1.82, 2.24) is 15.0 Å². The van der Waals surface area contributed by atoms with Gasteiger partial charge < -0.3 is 14.2 Å². The second-order valence-corrected chi connectivity index (χ2v) is 7.60. The minimum Gasteiger partial charge on any atom is -0.483 e. The molecule has 0 N–H and O–H groups in total. The van der Waals surface area contributed by atoms with E-state index in [4.69, 9.17) is 20.9 Å². The molecular formula is C22H22ClN3O3. The third kappa shape index (κ3) is 4.59. The van der Waals surface area contributed by atoms with Crippen LogP contribution in [0.3, 0.4) is 0 Å². The highest BCUT2D eigenvalue weighted by Gasteiger charge is 2.18. The van der Waals surface area contributed by atoms with Gasteiger partial charge in [-0.05, 0) is 55.0 Å². The third-order valence-corrected chi connectivity index (χ3v) is 5.29. The third-order valence-electron chi connectivity index (χ3n) is 5.05. The molecule has 0 radical (unpaired) electrons. The van der Waals surface area contributed by atoms with Gasteiger partial charge in [-0.15, -0.1) is 0 Å². The summed E-state index contributed by atoms with van der Waals surface area (Å²) in [6.45, 7) is 0.185. The quantitative estimate of drug-likeness (QED) is 0.604. The van der Waals surface area contributed by atoms with E-state index in [1.54, 1.807) is 19.2 Å². The molecule has 0 unspecified atom stereocenters. The van der Waals surface area contributed by atoms with Gasteiger partial charge in [-0.3, -0.25) is 4.79 Å². The van der Waals surface area contributed by atoms with Crippen LogP contribution in [0, 0.1) is 0 Å². The Balaban J connectivity index is 1.36. The molecule has 0 saturated heterocycles. The fourth-order valence-corrected chi connectivity index (χ4v) is 3.68. The molecule has 3 aromatic rings. The number of benzene rings is 2. The second kappa shape index (κ2) is 8.66. The van der Waals surface area contributed by atoms with Crippen molar-refractivity contribution in [3.05, 3.63) is 64.5 Å². The smallest absolute Gasteiger partial charge is 0.260 e. The minimum absolute atomic E-state index is 0.0256. The lowest BCUT2D eigenvalue weighted by molar-refractivity contribution is -0.132. The highest BCUT2D eigenvalue weighted by Crippen LogP contribution is 2.29. The number of fused-ring (bicyclic) bond motifs is 1. The van der Waals surface area contributed by atoms with Crippen LogP contribution in [-0.4, -0.2) is 34.6 Å². The Labute approximate surface area is 174 Å². The van der Waals surface area contributed by atoms with Crippen molar-refractivity contribution >= 4 is 17.5 Å². The van der Waals surface area contributed by atoms with Gasteiger partial charge in [0.1, 0.15) is 5.75 Å². The van der Waals surface area contributed by atoms with Crippen LogP contribution in [0.25, 0.3) is 11.4 Å². The molecule has 1 aliphatic carbocycles. The van der Waals surface area contributed by atoms with Crippen LogP contribution in [0.15, 0.2) is 47.0 Å². The Bertz CT molecular complexity index is 1020. The molecule has 4 rings (SSSR count). The summed E-state index contributed by atoms with van der Waals surface area (Å²) < 4.78 is 11.1. The van der Waals surface area contributed by atoms with Gasteiger partial charge in [0.25, 0.3) is 5.91 Å². The molecule has 0 atom stereocenters. The number of amides is 1. The molecule has 7 heteroatoms. The Morgan fingerprint density at radius 3 is 2.90 bits per heavy atom. The summed E-state index contributed by atoms with van der Waals surface area (Å²) in [5.41, 5.74) is 3.32. The number of aromatic nitrogens is 2. The molecule has 1 aliphatic rings. The summed E-state index contributed by atoms with van der Waals surface area (Å²) >= 11 is 6.00. The monoisotopic (exact) mass is 411 g/mol. The predicted octanol–water partition coefficient (Wildman–Crippen LogP) is 4.31. The number of halogens is 1. The van der Waals surface area contributed by atoms with E-state index >= 15 is 0 Å². The summed E-state index contributed by atoms with van der Waals surface area (Å²) in [4.78, 5) is 18.4. The van der Waals surface area contributed by atoms with Crippen LogP contribution in [-0.2, 0) is 24.2 Å². The van der Waals surface area contributed by atoms with E-state index in [0.717, 1.165) is 30.6 Å². The van der Waals surface area contributed by atoms with E-state index in [9.17, 15) is 4.79 Å². The number of carbonyl (C=O) groups excluding carboxylic acids is 1. The number of likely N-dealkylation sites (N-methyl/N-ethyl adjacent to an activating group) is 1. The second-order valence-electron chi connectivity index (χ2n) is 7.16. The lowest BCUT2D eigenvalue weighted by Crippen LogP contribution is -2.31. The summed E-state index contributed by atoms with van der Waals surface area (Å²) in [7, 11) is 1.69. The zero-order valence-electron chi connectivity index (χ0n) is 16.2. The molecule has 29 heavy (non-hydrogen) atoms. The molecule has 0 spiro atoms. The van der Waals surface area contributed by atoms with E-state index < -0.39 is 0 Å².